The van der Waals surface area contributed by atoms with Crippen molar-refractivity contribution in [2.45, 2.75) is 51.6 Å². The zero-order chi connectivity index (χ0) is 13.1. The van der Waals surface area contributed by atoms with E-state index in [1.54, 1.807) is 0 Å². The van der Waals surface area contributed by atoms with Crippen LogP contribution in [0.5, 0.6) is 0 Å². The third-order valence-corrected chi connectivity index (χ3v) is 4.50. The molecule has 1 heterocycles. The standard InChI is InChI=1S/C15H23BrN2/c1-11-6-4-3-5-9-18(11)15-8-7-13(12(2)17)10-14(15)16/h7-8,10-12H,3-6,9,17H2,1-2H3/t11?,12-/m0/s1. The number of hydrogen-bond donors (Lipinski definition) is 1. The number of hydrogen-bond acceptors (Lipinski definition) is 2. The third kappa shape index (κ3) is 3.07. The minimum absolute atomic E-state index is 0.0944. The first-order chi connectivity index (χ1) is 8.59. The van der Waals surface area contributed by atoms with Crippen LogP contribution in [0.1, 0.15) is 51.1 Å². The van der Waals surface area contributed by atoms with Gasteiger partial charge in [-0.15, -0.1) is 0 Å². The lowest BCUT2D eigenvalue weighted by Crippen LogP contribution is -2.32. The minimum Gasteiger partial charge on any atom is -0.368 e. The molecule has 1 aliphatic heterocycles. The summed E-state index contributed by atoms with van der Waals surface area (Å²) in [6, 6.07) is 7.26. The predicted octanol–water partition coefficient (Wildman–Crippen LogP) is 4.24. The fraction of sp³-hybridized carbons (Fsp3) is 0.600. The van der Waals surface area contributed by atoms with Gasteiger partial charge in [0, 0.05) is 23.1 Å². The van der Waals surface area contributed by atoms with Crippen molar-refractivity contribution in [3.8, 4) is 0 Å². The summed E-state index contributed by atoms with van der Waals surface area (Å²) in [7, 11) is 0. The lowest BCUT2D eigenvalue weighted by molar-refractivity contribution is 0.615. The molecule has 18 heavy (non-hydrogen) atoms. The Balaban J connectivity index is 2.26. The van der Waals surface area contributed by atoms with Crippen molar-refractivity contribution in [3.05, 3.63) is 28.2 Å². The third-order valence-electron chi connectivity index (χ3n) is 3.86. The second-order valence-corrected chi connectivity index (χ2v) is 6.25. The molecule has 1 aromatic carbocycles. The Morgan fingerprint density at radius 1 is 1.33 bits per heavy atom. The summed E-state index contributed by atoms with van der Waals surface area (Å²) in [5.41, 5.74) is 8.43. The molecule has 1 unspecified atom stereocenters. The molecule has 1 aliphatic rings. The van der Waals surface area contributed by atoms with Gasteiger partial charge in [-0.3, -0.25) is 0 Å². The fourth-order valence-corrected chi connectivity index (χ4v) is 3.30. The Kier molecular flexibility index (Phi) is 4.68. The zero-order valence-corrected chi connectivity index (χ0v) is 12.9. The van der Waals surface area contributed by atoms with Gasteiger partial charge < -0.3 is 10.6 Å². The molecule has 2 nitrogen and oxygen atoms in total. The van der Waals surface area contributed by atoms with Crippen molar-refractivity contribution < 1.29 is 0 Å². The summed E-state index contributed by atoms with van der Waals surface area (Å²) in [5.74, 6) is 0. The first-order valence-electron chi connectivity index (χ1n) is 6.91. The van der Waals surface area contributed by atoms with Gasteiger partial charge in [0.25, 0.3) is 0 Å². The van der Waals surface area contributed by atoms with Crippen LogP contribution >= 0.6 is 15.9 Å². The highest BCUT2D eigenvalue weighted by Gasteiger charge is 2.19. The van der Waals surface area contributed by atoms with Crippen molar-refractivity contribution in [1.82, 2.24) is 0 Å². The van der Waals surface area contributed by atoms with Gasteiger partial charge in [-0.05, 0) is 60.3 Å². The van der Waals surface area contributed by atoms with Crippen LogP contribution in [0.15, 0.2) is 22.7 Å². The van der Waals surface area contributed by atoms with Gasteiger partial charge in [0.1, 0.15) is 0 Å². The summed E-state index contributed by atoms with van der Waals surface area (Å²) in [6.07, 6.45) is 5.30. The molecule has 0 saturated carbocycles. The van der Waals surface area contributed by atoms with Gasteiger partial charge >= 0.3 is 0 Å². The monoisotopic (exact) mass is 310 g/mol. The fourth-order valence-electron chi connectivity index (χ4n) is 2.67. The van der Waals surface area contributed by atoms with E-state index in [4.69, 9.17) is 5.73 Å². The maximum Gasteiger partial charge on any atom is 0.0513 e. The predicted molar refractivity (Wildman–Crippen MR) is 82.0 cm³/mol. The van der Waals surface area contributed by atoms with E-state index in [-0.39, 0.29) is 6.04 Å². The number of benzene rings is 1. The van der Waals surface area contributed by atoms with Crippen molar-refractivity contribution >= 4 is 21.6 Å². The lowest BCUT2D eigenvalue weighted by Gasteiger charge is -2.30. The summed E-state index contributed by atoms with van der Waals surface area (Å²) in [5, 5.41) is 0. The highest BCUT2D eigenvalue weighted by atomic mass is 79.9. The molecule has 2 atom stereocenters. The van der Waals surface area contributed by atoms with Gasteiger partial charge in [-0.25, -0.2) is 0 Å². The first-order valence-corrected chi connectivity index (χ1v) is 7.70. The number of rotatable bonds is 2. The number of anilines is 1. The quantitative estimate of drug-likeness (QED) is 0.885. The van der Waals surface area contributed by atoms with Crippen LogP contribution in [-0.4, -0.2) is 12.6 Å². The summed E-state index contributed by atoms with van der Waals surface area (Å²) < 4.78 is 1.17. The second kappa shape index (κ2) is 6.07. The molecule has 1 fully saturated rings. The molecular formula is C15H23BrN2. The highest BCUT2D eigenvalue weighted by Crippen LogP contribution is 2.32. The average Bonchev–Trinajstić information content (AvgIpc) is 2.54. The van der Waals surface area contributed by atoms with Crippen LogP contribution in [0.2, 0.25) is 0 Å². The molecular weight excluding hydrogens is 288 g/mol. The molecule has 0 spiro atoms. The van der Waals surface area contributed by atoms with Gasteiger partial charge in [-0.2, -0.15) is 0 Å². The Morgan fingerprint density at radius 2 is 2.11 bits per heavy atom. The van der Waals surface area contributed by atoms with E-state index in [9.17, 15) is 0 Å². The van der Waals surface area contributed by atoms with Crippen LogP contribution < -0.4 is 10.6 Å². The van der Waals surface area contributed by atoms with E-state index in [2.05, 4.69) is 46.0 Å². The maximum absolute atomic E-state index is 5.93. The van der Waals surface area contributed by atoms with Gasteiger partial charge in [0.05, 0.1) is 5.69 Å². The summed E-state index contributed by atoms with van der Waals surface area (Å²) in [4.78, 5) is 2.53. The van der Waals surface area contributed by atoms with Crippen molar-refractivity contribution in [3.63, 3.8) is 0 Å². The number of nitrogens with zero attached hydrogens (tertiary/aromatic N) is 1. The Hall–Kier alpha value is -0.540. The Morgan fingerprint density at radius 3 is 2.78 bits per heavy atom. The van der Waals surface area contributed by atoms with Crippen molar-refractivity contribution in [1.29, 1.82) is 0 Å². The number of nitrogens with two attached hydrogens (primary N) is 1. The Labute approximate surface area is 119 Å². The van der Waals surface area contributed by atoms with E-state index >= 15 is 0 Å². The molecule has 0 aromatic heterocycles. The second-order valence-electron chi connectivity index (χ2n) is 5.39. The average molecular weight is 311 g/mol. The molecule has 0 aliphatic carbocycles. The molecule has 100 valence electrons. The molecule has 2 rings (SSSR count). The van der Waals surface area contributed by atoms with Crippen LogP contribution in [0.3, 0.4) is 0 Å². The summed E-state index contributed by atoms with van der Waals surface area (Å²) in [6.45, 7) is 5.52. The van der Waals surface area contributed by atoms with Crippen LogP contribution in [0.25, 0.3) is 0 Å². The van der Waals surface area contributed by atoms with Crippen LogP contribution in [-0.2, 0) is 0 Å². The molecule has 1 saturated heterocycles. The summed E-state index contributed by atoms with van der Waals surface area (Å²) >= 11 is 3.71. The van der Waals surface area contributed by atoms with Gasteiger partial charge in [-0.1, -0.05) is 18.9 Å². The van der Waals surface area contributed by atoms with E-state index < -0.39 is 0 Å². The van der Waals surface area contributed by atoms with Crippen LogP contribution in [0.4, 0.5) is 5.69 Å². The van der Waals surface area contributed by atoms with E-state index in [1.807, 2.05) is 6.92 Å². The molecule has 0 amide bonds. The highest BCUT2D eigenvalue weighted by molar-refractivity contribution is 9.10. The first kappa shape index (κ1) is 13.9. The zero-order valence-electron chi connectivity index (χ0n) is 11.3. The minimum atomic E-state index is 0.0944. The maximum atomic E-state index is 5.93. The normalized spacial score (nSPS) is 22.7. The molecule has 1 aromatic rings. The lowest BCUT2D eigenvalue weighted by atomic mass is 10.1. The van der Waals surface area contributed by atoms with Crippen LogP contribution in [0, 0.1) is 0 Å². The largest absolute Gasteiger partial charge is 0.368 e. The van der Waals surface area contributed by atoms with E-state index in [0.717, 1.165) is 6.54 Å². The number of halogens is 1. The van der Waals surface area contributed by atoms with E-state index in [1.165, 1.54) is 41.4 Å². The van der Waals surface area contributed by atoms with Gasteiger partial charge in [0.2, 0.25) is 0 Å². The Bertz CT molecular complexity index is 403. The van der Waals surface area contributed by atoms with Crippen molar-refractivity contribution in [2.24, 2.45) is 5.73 Å². The SMILES string of the molecule is CC1CCCCCN1c1ccc([C@H](C)N)cc1Br. The molecule has 0 bridgehead atoms. The van der Waals surface area contributed by atoms with E-state index in [0.29, 0.717) is 6.04 Å². The van der Waals surface area contributed by atoms with Crippen molar-refractivity contribution in [2.75, 3.05) is 11.4 Å². The molecule has 2 N–H and O–H groups in total. The van der Waals surface area contributed by atoms with Gasteiger partial charge in [0.15, 0.2) is 0 Å². The topological polar surface area (TPSA) is 29.3 Å². The molecule has 0 radical (unpaired) electrons. The molecule has 3 heteroatoms. The smallest absolute Gasteiger partial charge is 0.0513 e.